The van der Waals surface area contributed by atoms with Crippen molar-refractivity contribution in [2.24, 2.45) is 5.73 Å². The zero-order valence-corrected chi connectivity index (χ0v) is 9.64. The summed E-state index contributed by atoms with van der Waals surface area (Å²) in [6, 6.07) is 0. The molecule has 1 saturated heterocycles. The number of halogens is 1. The highest BCUT2D eigenvalue weighted by Crippen LogP contribution is 2.30. The van der Waals surface area contributed by atoms with Gasteiger partial charge >= 0.3 is 0 Å². The Morgan fingerprint density at radius 3 is 2.84 bits per heavy atom. The van der Waals surface area contributed by atoms with Gasteiger partial charge in [-0.2, -0.15) is 0 Å². The molecular formula is C10H12FN3O5. The van der Waals surface area contributed by atoms with Crippen LogP contribution in [-0.2, 0) is 4.74 Å². The summed E-state index contributed by atoms with van der Waals surface area (Å²) in [5.74, 6) is -1.05. The average Bonchev–Trinajstić information content (AvgIpc) is 2.66. The van der Waals surface area contributed by atoms with Crippen LogP contribution < -0.4 is 11.3 Å². The Hall–Kier alpha value is -1.84. The van der Waals surface area contributed by atoms with E-state index in [9.17, 15) is 19.1 Å². The zero-order valence-electron chi connectivity index (χ0n) is 9.64. The number of hydrogen-bond acceptors (Lipinski definition) is 6. The van der Waals surface area contributed by atoms with Gasteiger partial charge in [0.05, 0.1) is 6.61 Å². The molecule has 0 bridgehead atoms. The third kappa shape index (κ3) is 2.23. The highest BCUT2D eigenvalue weighted by molar-refractivity contribution is 5.90. The number of carbonyl (C=O) groups excluding carboxylic acids is 1. The van der Waals surface area contributed by atoms with Crippen molar-refractivity contribution in [1.82, 2.24) is 9.55 Å². The first-order chi connectivity index (χ1) is 8.97. The summed E-state index contributed by atoms with van der Waals surface area (Å²) in [6.45, 7) is -0.597. The number of rotatable bonds is 3. The molecule has 2 rings (SSSR count). The van der Waals surface area contributed by atoms with E-state index in [4.69, 9.17) is 15.6 Å². The minimum Gasteiger partial charge on any atom is -0.394 e. The lowest BCUT2D eigenvalue weighted by Gasteiger charge is -2.16. The van der Waals surface area contributed by atoms with Gasteiger partial charge in [0.2, 0.25) is 0 Å². The number of primary amides is 1. The summed E-state index contributed by atoms with van der Waals surface area (Å²) < 4.78 is 19.7. The second-order valence-corrected chi connectivity index (χ2v) is 4.04. The Bertz CT molecular complexity index is 548. The summed E-state index contributed by atoms with van der Waals surface area (Å²) in [4.78, 5) is 26.3. The molecule has 9 heteroatoms. The molecule has 8 nitrogen and oxygen atoms in total. The van der Waals surface area contributed by atoms with Crippen LogP contribution in [0.3, 0.4) is 0 Å². The van der Waals surface area contributed by atoms with Crippen LogP contribution in [-0.4, -0.2) is 50.7 Å². The van der Waals surface area contributed by atoms with Gasteiger partial charge in [0.1, 0.15) is 12.2 Å². The molecule has 0 spiro atoms. The standard InChI is InChI=1S/C10H12FN3O5/c11-5-7(16)4(3-15)19-10(5)14-2-1-13-6(8(12)17)9(14)18/h1-2,4-5,7,10,15-16H,3H2,(H2,12,17)/t4-,5+,7+,10-/m1/s1. The van der Waals surface area contributed by atoms with Crippen molar-refractivity contribution in [3.05, 3.63) is 28.4 Å². The first-order valence-electron chi connectivity index (χ1n) is 5.42. The van der Waals surface area contributed by atoms with Crippen LogP contribution in [0.25, 0.3) is 0 Å². The number of amides is 1. The Labute approximate surface area is 106 Å². The molecule has 1 aromatic heterocycles. The van der Waals surface area contributed by atoms with Crippen LogP contribution in [0.15, 0.2) is 17.2 Å². The van der Waals surface area contributed by atoms with Crippen LogP contribution in [0, 0.1) is 0 Å². The van der Waals surface area contributed by atoms with Crippen LogP contribution in [0.4, 0.5) is 4.39 Å². The van der Waals surface area contributed by atoms with E-state index in [1.54, 1.807) is 0 Å². The third-order valence-corrected chi connectivity index (χ3v) is 2.85. The number of aliphatic hydroxyl groups is 2. The maximum Gasteiger partial charge on any atom is 0.284 e. The molecule has 1 aliphatic rings. The largest absolute Gasteiger partial charge is 0.394 e. The smallest absolute Gasteiger partial charge is 0.284 e. The van der Waals surface area contributed by atoms with Gasteiger partial charge in [0.15, 0.2) is 18.1 Å². The van der Waals surface area contributed by atoms with E-state index in [1.165, 1.54) is 0 Å². The normalized spacial score (nSPS) is 30.5. The zero-order chi connectivity index (χ0) is 14.2. The number of nitrogens with zero attached hydrogens (tertiary/aromatic N) is 2. The predicted octanol–water partition coefficient (Wildman–Crippen LogP) is -2.07. The molecule has 0 radical (unpaired) electrons. The van der Waals surface area contributed by atoms with Gasteiger partial charge in [-0.25, -0.2) is 9.37 Å². The van der Waals surface area contributed by atoms with E-state index in [1.807, 2.05) is 0 Å². The van der Waals surface area contributed by atoms with Gasteiger partial charge < -0.3 is 20.7 Å². The number of aliphatic hydroxyl groups excluding tert-OH is 2. The summed E-state index contributed by atoms with van der Waals surface area (Å²) in [5.41, 5.74) is 3.48. The molecule has 1 fully saturated rings. The summed E-state index contributed by atoms with van der Waals surface area (Å²) >= 11 is 0. The van der Waals surface area contributed by atoms with Crippen LogP contribution in [0.2, 0.25) is 0 Å². The fourth-order valence-electron chi connectivity index (χ4n) is 1.87. The molecule has 4 atom stereocenters. The van der Waals surface area contributed by atoms with E-state index in [0.29, 0.717) is 0 Å². The highest BCUT2D eigenvalue weighted by Gasteiger charge is 2.45. The van der Waals surface area contributed by atoms with Gasteiger partial charge in [-0.15, -0.1) is 0 Å². The predicted molar refractivity (Wildman–Crippen MR) is 58.9 cm³/mol. The van der Waals surface area contributed by atoms with Crippen molar-refractivity contribution in [3.63, 3.8) is 0 Å². The molecule has 0 aliphatic carbocycles. The van der Waals surface area contributed by atoms with Crippen LogP contribution >= 0.6 is 0 Å². The van der Waals surface area contributed by atoms with Crippen molar-refractivity contribution in [2.45, 2.75) is 24.6 Å². The van der Waals surface area contributed by atoms with Crippen molar-refractivity contribution < 1.29 is 24.1 Å². The van der Waals surface area contributed by atoms with Crippen molar-refractivity contribution >= 4 is 5.91 Å². The van der Waals surface area contributed by atoms with Gasteiger partial charge in [0.25, 0.3) is 11.5 Å². The fraction of sp³-hybridized carbons (Fsp3) is 0.500. The van der Waals surface area contributed by atoms with E-state index in [2.05, 4.69) is 4.98 Å². The summed E-state index contributed by atoms with van der Waals surface area (Å²) in [7, 11) is 0. The Morgan fingerprint density at radius 2 is 2.32 bits per heavy atom. The van der Waals surface area contributed by atoms with Crippen molar-refractivity contribution in [3.8, 4) is 0 Å². The minimum atomic E-state index is -1.92. The number of hydrogen-bond donors (Lipinski definition) is 3. The second-order valence-electron chi connectivity index (χ2n) is 4.04. The Kier molecular flexibility index (Phi) is 3.60. The molecule has 104 valence electrons. The van der Waals surface area contributed by atoms with Crippen molar-refractivity contribution in [2.75, 3.05) is 6.61 Å². The number of ether oxygens (including phenoxy) is 1. The lowest BCUT2D eigenvalue weighted by atomic mass is 10.1. The number of nitrogens with two attached hydrogens (primary N) is 1. The summed E-state index contributed by atoms with van der Waals surface area (Å²) in [5, 5.41) is 18.4. The number of alkyl halides is 1. The molecule has 1 aliphatic heterocycles. The number of carbonyl (C=O) groups is 1. The van der Waals surface area contributed by atoms with Crippen LogP contribution in [0.1, 0.15) is 16.7 Å². The molecule has 2 heterocycles. The van der Waals surface area contributed by atoms with Crippen LogP contribution in [0.5, 0.6) is 0 Å². The molecule has 0 unspecified atom stereocenters. The molecule has 19 heavy (non-hydrogen) atoms. The van der Waals surface area contributed by atoms with E-state index < -0.39 is 48.4 Å². The molecule has 1 aromatic rings. The fourth-order valence-corrected chi connectivity index (χ4v) is 1.87. The monoisotopic (exact) mass is 273 g/mol. The quantitative estimate of drug-likeness (QED) is 0.580. The van der Waals surface area contributed by atoms with E-state index in [0.717, 1.165) is 17.0 Å². The minimum absolute atomic E-state index is 0.555. The van der Waals surface area contributed by atoms with Gasteiger partial charge in [-0.05, 0) is 0 Å². The summed E-state index contributed by atoms with van der Waals surface area (Å²) in [6.07, 6.45) is -3.86. The van der Waals surface area contributed by atoms with Crippen molar-refractivity contribution in [1.29, 1.82) is 0 Å². The molecule has 0 saturated carbocycles. The van der Waals surface area contributed by atoms with E-state index in [-0.39, 0.29) is 0 Å². The maximum absolute atomic E-state index is 13.8. The lowest BCUT2D eigenvalue weighted by Crippen LogP contribution is -2.36. The molecule has 1 amide bonds. The molecule has 0 aromatic carbocycles. The Balaban J connectivity index is 2.41. The first-order valence-corrected chi connectivity index (χ1v) is 5.42. The highest BCUT2D eigenvalue weighted by atomic mass is 19.1. The lowest BCUT2D eigenvalue weighted by molar-refractivity contribution is -0.0488. The maximum atomic E-state index is 13.8. The second kappa shape index (κ2) is 5.03. The van der Waals surface area contributed by atoms with Gasteiger partial charge in [-0.1, -0.05) is 0 Å². The Morgan fingerprint density at radius 1 is 1.63 bits per heavy atom. The van der Waals surface area contributed by atoms with E-state index >= 15 is 0 Å². The topological polar surface area (TPSA) is 128 Å². The van der Waals surface area contributed by atoms with Gasteiger partial charge in [-0.3, -0.25) is 14.2 Å². The number of aromatic nitrogens is 2. The van der Waals surface area contributed by atoms with Gasteiger partial charge in [0, 0.05) is 12.4 Å². The molecule has 4 N–H and O–H groups in total. The molecular weight excluding hydrogens is 261 g/mol. The third-order valence-electron chi connectivity index (χ3n) is 2.85. The first kappa shape index (κ1) is 13.6. The SMILES string of the molecule is NC(=O)c1nccn([C@@H]2O[C@H](CO)[C@H](O)[C@@H]2F)c1=O. The average molecular weight is 273 g/mol.